The molecule has 0 aliphatic carbocycles. The quantitative estimate of drug-likeness (QED) is 0.179. The number of aromatic nitrogens is 3. The van der Waals surface area contributed by atoms with Gasteiger partial charge in [-0.2, -0.15) is 0 Å². The van der Waals surface area contributed by atoms with Crippen LogP contribution in [0.25, 0.3) is 5.69 Å². The number of carbonyl (C=O) groups is 1. The summed E-state index contributed by atoms with van der Waals surface area (Å²) in [6, 6.07) is 21.4. The maximum Gasteiger partial charge on any atom is 0.271 e. The molecule has 4 rings (SSSR count). The zero-order valence-corrected chi connectivity index (χ0v) is 20.5. The summed E-state index contributed by atoms with van der Waals surface area (Å²) in [4.78, 5) is 23.4. The third-order valence-corrected chi connectivity index (χ3v) is 6.23. The number of anilines is 2. The average molecular weight is 505 g/mol. The largest absolute Gasteiger partial charge is 0.495 e. The molecule has 0 fully saturated rings. The number of methoxy groups -OCH3 is 1. The van der Waals surface area contributed by atoms with Crippen LogP contribution in [-0.2, 0) is 11.3 Å². The number of hydrogen-bond donors (Lipinski definition) is 2. The molecular formula is C25H24N6O4S. The summed E-state index contributed by atoms with van der Waals surface area (Å²) in [7, 11) is 1.55. The molecule has 3 aromatic carbocycles. The Bertz CT molecular complexity index is 1380. The number of non-ortho nitro benzene ring substituents is 1. The second-order valence-electron chi connectivity index (χ2n) is 7.72. The molecule has 4 aromatic rings. The second kappa shape index (κ2) is 11.4. The van der Waals surface area contributed by atoms with E-state index in [-0.39, 0.29) is 23.9 Å². The zero-order chi connectivity index (χ0) is 25.5. The first-order valence-electron chi connectivity index (χ1n) is 11.0. The molecule has 1 heterocycles. The highest BCUT2D eigenvalue weighted by molar-refractivity contribution is 7.99. The van der Waals surface area contributed by atoms with E-state index in [4.69, 9.17) is 4.74 Å². The van der Waals surface area contributed by atoms with Gasteiger partial charge in [-0.25, -0.2) is 0 Å². The van der Waals surface area contributed by atoms with Crippen LogP contribution >= 0.6 is 11.8 Å². The van der Waals surface area contributed by atoms with Crippen LogP contribution in [0.2, 0.25) is 0 Å². The Labute approximate surface area is 211 Å². The van der Waals surface area contributed by atoms with Crippen LogP contribution in [0.4, 0.5) is 17.1 Å². The van der Waals surface area contributed by atoms with Gasteiger partial charge >= 0.3 is 0 Å². The second-order valence-corrected chi connectivity index (χ2v) is 8.66. The van der Waals surface area contributed by atoms with Crippen LogP contribution in [0.15, 0.2) is 78.0 Å². The van der Waals surface area contributed by atoms with Crippen LogP contribution in [-0.4, -0.2) is 38.5 Å². The van der Waals surface area contributed by atoms with Crippen LogP contribution < -0.4 is 15.4 Å². The summed E-state index contributed by atoms with van der Waals surface area (Å²) in [5, 5.41) is 26.4. The molecule has 0 spiro atoms. The third-order valence-electron chi connectivity index (χ3n) is 5.30. The van der Waals surface area contributed by atoms with Crippen molar-refractivity contribution in [3.8, 4) is 11.4 Å². The van der Waals surface area contributed by atoms with Crippen molar-refractivity contribution < 1.29 is 14.5 Å². The summed E-state index contributed by atoms with van der Waals surface area (Å²) >= 11 is 1.25. The van der Waals surface area contributed by atoms with Crippen LogP contribution in [0.5, 0.6) is 5.75 Å². The lowest BCUT2D eigenvalue weighted by Gasteiger charge is -2.13. The van der Waals surface area contributed by atoms with Crippen molar-refractivity contribution in [2.24, 2.45) is 0 Å². The van der Waals surface area contributed by atoms with E-state index in [2.05, 4.69) is 20.8 Å². The summed E-state index contributed by atoms with van der Waals surface area (Å²) in [6.07, 6.45) is 0. The minimum atomic E-state index is -0.429. The van der Waals surface area contributed by atoms with Crippen molar-refractivity contribution in [3.05, 3.63) is 94.3 Å². The van der Waals surface area contributed by atoms with E-state index < -0.39 is 4.92 Å². The van der Waals surface area contributed by atoms with E-state index in [0.717, 1.165) is 11.3 Å². The highest BCUT2D eigenvalue weighted by atomic mass is 32.2. The van der Waals surface area contributed by atoms with Crippen molar-refractivity contribution in [1.82, 2.24) is 14.8 Å². The predicted octanol–water partition coefficient (Wildman–Crippen LogP) is 4.84. The first-order chi connectivity index (χ1) is 17.5. The number of benzene rings is 3. The number of hydrogen-bond acceptors (Lipinski definition) is 8. The molecule has 10 nitrogen and oxygen atoms in total. The van der Waals surface area contributed by atoms with E-state index in [0.29, 0.717) is 28.1 Å². The lowest BCUT2D eigenvalue weighted by atomic mass is 10.2. The molecule has 0 saturated heterocycles. The number of aryl methyl sites for hydroxylation is 1. The molecule has 0 atom stereocenters. The summed E-state index contributed by atoms with van der Waals surface area (Å²) in [5.41, 5.74) is 2.94. The molecule has 36 heavy (non-hydrogen) atoms. The number of carbonyl (C=O) groups excluding carboxylic acids is 1. The highest BCUT2D eigenvalue weighted by Gasteiger charge is 2.17. The van der Waals surface area contributed by atoms with E-state index in [9.17, 15) is 14.9 Å². The van der Waals surface area contributed by atoms with Crippen LogP contribution in [0, 0.1) is 17.0 Å². The number of nitro benzene ring substituents is 1. The van der Waals surface area contributed by atoms with Gasteiger partial charge in [0.2, 0.25) is 5.91 Å². The minimum absolute atomic E-state index is 0.00456. The van der Waals surface area contributed by atoms with Gasteiger partial charge in [0.1, 0.15) is 5.75 Å². The molecule has 0 unspecified atom stereocenters. The van der Waals surface area contributed by atoms with Crippen LogP contribution in [0.3, 0.4) is 0 Å². The topological polar surface area (TPSA) is 124 Å². The summed E-state index contributed by atoms with van der Waals surface area (Å²) in [6.45, 7) is 2.15. The van der Waals surface area contributed by atoms with Crippen molar-refractivity contribution in [2.45, 2.75) is 18.6 Å². The van der Waals surface area contributed by atoms with Gasteiger partial charge in [-0.05, 0) is 36.8 Å². The molecule has 184 valence electrons. The van der Waals surface area contributed by atoms with Gasteiger partial charge in [0.25, 0.3) is 5.69 Å². The third kappa shape index (κ3) is 5.81. The van der Waals surface area contributed by atoms with E-state index >= 15 is 0 Å². The van der Waals surface area contributed by atoms with Gasteiger partial charge in [0, 0.05) is 23.5 Å². The Kier molecular flexibility index (Phi) is 7.81. The number of nitro groups is 1. The molecule has 0 radical (unpaired) electrons. The monoisotopic (exact) mass is 504 g/mol. The number of thioether (sulfide) groups is 1. The fraction of sp³-hybridized carbons (Fsp3) is 0.160. The number of ether oxygens (including phenoxy) is 1. The smallest absolute Gasteiger partial charge is 0.271 e. The minimum Gasteiger partial charge on any atom is -0.495 e. The fourth-order valence-corrected chi connectivity index (χ4v) is 4.27. The Morgan fingerprint density at radius 3 is 2.56 bits per heavy atom. The van der Waals surface area contributed by atoms with Gasteiger partial charge in [-0.1, -0.05) is 48.2 Å². The molecule has 0 saturated carbocycles. The van der Waals surface area contributed by atoms with Gasteiger partial charge in [0.05, 0.1) is 30.0 Å². The van der Waals surface area contributed by atoms with E-state index in [1.54, 1.807) is 25.3 Å². The maximum absolute atomic E-state index is 12.6. The Morgan fingerprint density at radius 1 is 1.06 bits per heavy atom. The van der Waals surface area contributed by atoms with Crippen molar-refractivity contribution in [3.63, 3.8) is 0 Å². The van der Waals surface area contributed by atoms with Crippen LogP contribution in [0.1, 0.15) is 11.4 Å². The maximum atomic E-state index is 12.6. The lowest BCUT2D eigenvalue weighted by Crippen LogP contribution is -2.15. The number of amides is 1. The molecule has 1 aromatic heterocycles. The van der Waals surface area contributed by atoms with Crippen molar-refractivity contribution in [1.29, 1.82) is 0 Å². The standard InChI is InChI=1S/C25H24N6O4S/c1-17-12-13-19(31(33)34)14-21(17)26-15-23-28-29-25(30(23)18-8-4-3-5-9-18)36-16-24(32)27-20-10-6-7-11-22(20)35-2/h3-14,26H,15-16H2,1-2H3,(H,27,32). The molecule has 0 aliphatic rings. The molecule has 0 bridgehead atoms. The average Bonchev–Trinajstić information content (AvgIpc) is 3.30. The van der Waals surface area contributed by atoms with Gasteiger partial charge in [-0.3, -0.25) is 19.5 Å². The molecule has 2 N–H and O–H groups in total. The Balaban J connectivity index is 1.52. The normalized spacial score (nSPS) is 10.6. The molecule has 1 amide bonds. The molecular weight excluding hydrogens is 480 g/mol. The van der Waals surface area contributed by atoms with Crippen molar-refractivity contribution >= 4 is 34.7 Å². The van der Waals surface area contributed by atoms with Gasteiger partial charge < -0.3 is 15.4 Å². The predicted molar refractivity (Wildman–Crippen MR) is 139 cm³/mol. The molecule has 0 aliphatic heterocycles. The fourth-order valence-electron chi connectivity index (χ4n) is 3.50. The van der Waals surface area contributed by atoms with Crippen molar-refractivity contribution in [2.75, 3.05) is 23.5 Å². The Morgan fingerprint density at radius 2 is 1.81 bits per heavy atom. The SMILES string of the molecule is COc1ccccc1NC(=O)CSc1nnc(CNc2cc([N+](=O)[O-])ccc2C)n1-c1ccccc1. The number of rotatable bonds is 10. The molecule has 11 heteroatoms. The van der Waals surface area contributed by atoms with E-state index in [1.807, 2.05) is 54.0 Å². The number of nitrogens with one attached hydrogen (secondary N) is 2. The highest BCUT2D eigenvalue weighted by Crippen LogP contribution is 2.27. The summed E-state index contributed by atoms with van der Waals surface area (Å²) in [5.74, 6) is 1.08. The zero-order valence-electron chi connectivity index (χ0n) is 19.7. The first-order valence-corrected chi connectivity index (χ1v) is 12.0. The van der Waals surface area contributed by atoms with E-state index in [1.165, 1.54) is 23.9 Å². The van der Waals surface area contributed by atoms with Gasteiger partial charge in [-0.15, -0.1) is 10.2 Å². The Hall–Kier alpha value is -4.38. The number of nitrogens with zero attached hydrogens (tertiary/aromatic N) is 4. The summed E-state index contributed by atoms with van der Waals surface area (Å²) < 4.78 is 7.15. The lowest BCUT2D eigenvalue weighted by molar-refractivity contribution is -0.384. The van der Waals surface area contributed by atoms with Gasteiger partial charge in [0.15, 0.2) is 11.0 Å². The number of para-hydroxylation sites is 3. The first kappa shape index (κ1) is 24.7.